The summed E-state index contributed by atoms with van der Waals surface area (Å²) in [5, 5.41) is 6.60. The van der Waals surface area contributed by atoms with E-state index in [1.807, 2.05) is 12.1 Å². The lowest BCUT2D eigenvalue weighted by Gasteiger charge is -2.29. The van der Waals surface area contributed by atoms with Crippen LogP contribution >= 0.6 is 0 Å². The molecule has 1 aliphatic carbocycles. The smallest absolute Gasteiger partial charge is 0.159 e. The van der Waals surface area contributed by atoms with Crippen molar-refractivity contribution in [3.63, 3.8) is 0 Å². The second-order valence-corrected chi connectivity index (χ2v) is 14.5. The van der Waals surface area contributed by atoms with Gasteiger partial charge in [0.15, 0.2) is 5.58 Å². The van der Waals surface area contributed by atoms with E-state index >= 15 is 0 Å². The molecule has 3 heteroatoms. The molecule has 0 unspecified atom stereocenters. The van der Waals surface area contributed by atoms with Crippen LogP contribution in [0.2, 0.25) is 0 Å². The van der Waals surface area contributed by atoms with Gasteiger partial charge < -0.3 is 13.7 Å². The normalized spacial score (nSPS) is 13.3. The molecule has 52 heavy (non-hydrogen) atoms. The summed E-state index contributed by atoms with van der Waals surface area (Å²) in [5.41, 5.74) is 13.9. The maximum atomic E-state index is 7.23. The highest BCUT2D eigenvalue weighted by Gasteiger charge is 2.36. The standard InChI is InChI=1S/C49H33NO2/c1-49(2)39-22-10-8-19-34(39)35-27-26-32(28-40(35)49)50(41-23-12-17-30-14-6-7-18-33(30)41)42-24-13-21-36-38-29-44-46(37-20-9-11-25-43(37)51-44)45(48(38)52-47(36)42)31-15-4-3-5-16-31/h3-29H,1-2H3. The molecular formula is C49H33NO2. The molecule has 2 aromatic heterocycles. The van der Waals surface area contributed by atoms with Gasteiger partial charge in [-0.1, -0.05) is 141 Å². The van der Waals surface area contributed by atoms with Crippen LogP contribution in [0.3, 0.4) is 0 Å². The lowest BCUT2D eigenvalue weighted by molar-refractivity contribution is 0.660. The van der Waals surface area contributed by atoms with Gasteiger partial charge in [-0.25, -0.2) is 0 Å². The van der Waals surface area contributed by atoms with Crippen molar-refractivity contribution < 1.29 is 8.83 Å². The Morgan fingerprint density at radius 1 is 0.462 bits per heavy atom. The molecule has 246 valence electrons. The number of benzene rings is 8. The Bertz CT molecular complexity index is 3050. The Morgan fingerprint density at radius 2 is 1.15 bits per heavy atom. The third kappa shape index (κ3) is 4.02. The molecule has 0 bridgehead atoms. The molecule has 3 nitrogen and oxygen atoms in total. The average molecular weight is 668 g/mol. The summed E-state index contributed by atoms with van der Waals surface area (Å²) in [4.78, 5) is 2.40. The minimum absolute atomic E-state index is 0.140. The number of hydrogen-bond acceptors (Lipinski definition) is 3. The van der Waals surface area contributed by atoms with Gasteiger partial charge >= 0.3 is 0 Å². The summed E-state index contributed by atoms with van der Waals surface area (Å²) in [7, 11) is 0. The molecule has 0 atom stereocenters. The number of para-hydroxylation sites is 2. The second kappa shape index (κ2) is 10.7. The van der Waals surface area contributed by atoms with Crippen molar-refractivity contribution in [1.82, 2.24) is 0 Å². The minimum Gasteiger partial charge on any atom is -0.456 e. The van der Waals surface area contributed by atoms with Gasteiger partial charge in [-0.15, -0.1) is 0 Å². The van der Waals surface area contributed by atoms with Gasteiger partial charge in [0.05, 0.1) is 11.4 Å². The number of fused-ring (bicyclic) bond motifs is 10. The second-order valence-electron chi connectivity index (χ2n) is 14.5. The molecule has 0 aliphatic heterocycles. The van der Waals surface area contributed by atoms with E-state index in [1.54, 1.807) is 0 Å². The molecule has 0 fully saturated rings. The van der Waals surface area contributed by atoms with Crippen LogP contribution in [0.15, 0.2) is 173 Å². The van der Waals surface area contributed by atoms with Crippen molar-refractivity contribution in [2.75, 3.05) is 4.90 Å². The average Bonchev–Trinajstić information content (AvgIpc) is 3.82. The van der Waals surface area contributed by atoms with E-state index in [1.165, 1.54) is 33.0 Å². The highest BCUT2D eigenvalue weighted by atomic mass is 16.3. The maximum absolute atomic E-state index is 7.23. The molecule has 8 aromatic carbocycles. The highest BCUT2D eigenvalue weighted by molar-refractivity contribution is 6.24. The summed E-state index contributed by atoms with van der Waals surface area (Å²) in [6.07, 6.45) is 0. The molecule has 0 saturated heterocycles. The summed E-state index contributed by atoms with van der Waals surface area (Å²) in [5.74, 6) is 0. The molecule has 0 spiro atoms. The summed E-state index contributed by atoms with van der Waals surface area (Å²) >= 11 is 0. The van der Waals surface area contributed by atoms with E-state index in [0.717, 1.165) is 72.1 Å². The molecule has 10 aromatic rings. The Balaban J connectivity index is 1.23. The van der Waals surface area contributed by atoms with E-state index in [-0.39, 0.29) is 5.41 Å². The molecule has 0 N–H and O–H groups in total. The fourth-order valence-electron chi connectivity index (χ4n) is 8.82. The number of anilines is 3. The van der Waals surface area contributed by atoms with Crippen molar-refractivity contribution in [1.29, 1.82) is 0 Å². The minimum atomic E-state index is -0.140. The van der Waals surface area contributed by atoms with Gasteiger partial charge in [0, 0.05) is 43.6 Å². The highest BCUT2D eigenvalue weighted by Crippen LogP contribution is 2.53. The fourth-order valence-corrected chi connectivity index (χ4v) is 8.82. The van der Waals surface area contributed by atoms with Crippen LogP contribution in [0.1, 0.15) is 25.0 Å². The molecule has 11 rings (SSSR count). The van der Waals surface area contributed by atoms with E-state index < -0.39 is 0 Å². The van der Waals surface area contributed by atoms with Gasteiger partial charge in [0.25, 0.3) is 0 Å². The molecular weight excluding hydrogens is 635 g/mol. The van der Waals surface area contributed by atoms with Gasteiger partial charge in [-0.05, 0) is 69.6 Å². The van der Waals surface area contributed by atoms with Crippen LogP contribution in [0, 0.1) is 0 Å². The third-order valence-corrected chi connectivity index (χ3v) is 11.2. The monoisotopic (exact) mass is 667 g/mol. The first-order valence-corrected chi connectivity index (χ1v) is 17.9. The van der Waals surface area contributed by atoms with E-state index in [0.29, 0.717) is 0 Å². The zero-order valence-electron chi connectivity index (χ0n) is 28.9. The zero-order valence-corrected chi connectivity index (χ0v) is 28.9. The lowest BCUT2D eigenvalue weighted by Crippen LogP contribution is -2.16. The third-order valence-electron chi connectivity index (χ3n) is 11.2. The first kappa shape index (κ1) is 29.2. The van der Waals surface area contributed by atoms with Gasteiger partial charge in [0.1, 0.15) is 16.7 Å². The Kier molecular flexibility index (Phi) is 6.01. The molecule has 2 heterocycles. The first-order valence-electron chi connectivity index (χ1n) is 17.9. The fraction of sp³-hybridized carbons (Fsp3) is 0.0612. The van der Waals surface area contributed by atoms with Crippen molar-refractivity contribution in [2.45, 2.75) is 19.3 Å². The van der Waals surface area contributed by atoms with Gasteiger partial charge in [-0.2, -0.15) is 0 Å². The predicted molar refractivity (Wildman–Crippen MR) is 216 cm³/mol. The lowest BCUT2D eigenvalue weighted by atomic mass is 9.82. The van der Waals surface area contributed by atoms with Crippen LogP contribution in [0.25, 0.3) is 76.9 Å². The van der Waals surface area contributed by atoms with Crippen molar-refractivity contribution in [3.8, 4) is 22.3 Å². The Hall–Kier alpha value is -6.58. The maximum Gasteiger partial charge on any atom is 0.159 e. The van der Waals surface area contributed by atoms with Crippen LogP contribution in [-0.2, 0) is 5.41 Å². The van der Waals surface area contributed by atoms with Crippen molar-refractivity contribution >= 4 is 71.7 Å². The summed E-state index contributed by atoms with van der Waals surface area (Å²) in [6, 6.07) is 58.6. The predicted octanol–water partition coefficient (Wildman–Crippen LogP) is 14.1. The van der Waals surface area contributed by atoms with E-state index in [4.69, 9.17) is 8.83 Å². The largest absolute Gasteiger partial charge is 0.456 e. The van der Waals surface area contributed by atoms with Crippen LogP contribution < -0.4 is 4.90 Å². The number of rotatable bonds is 4. The molecule has 0 amide bonds. The number of nitrogens with zero attached hydrogens (tertiary/aromatic N) is 1. The topological polar surface area (TPSA) is 29.5 Å². The van der Waals surface area contributed by atoms with Crippen molar-refractivity contribution in [2.24, 2.45) is 0 Å². The molecule has 1 aliphatic rings. The van der Waals surface area contributed by atoms with Gasteiger partial charge in [0.2, 0.25) is 0 Å². The number of furan rings is 2. The Morgan fingerprint density at radius 3 is 2.06 bits per heavy atom. The SMILES string of the molecule is CC1(C)c2ccccc2-c2ccc(N(c3cccc4ccccc34)c3cccc4c3oc3c(-c5ccccc5)c5c(cc34)oc3ccccc35)cc21. The molecule has 0 saturated carbocycles. The van der Waals surface area contributed by atoms with E-state index in [9.17, 15) is 0 Å². The summed E-state index contributed by atoms with van der Waals surface area (Å²) in [6.45, 7) is 4.68. The molecule has 0 radical (unpaired) electrons. The Labute approximate surface area is 301 Å². The first-order chi connectivity index (χ1) is 25.6. The summed E-state index contributed by atoms with van der Waals surface area (Å²) < 4.78 is 13.8. The van der Waals surface area contributed by atoms with E-state index in [2.05, 4.69) is 170 Å². The number of hydrogen-bond donors (Lipinski definition) is 0. The van der Waals surface area contributed by atoms with Crippen molar-refractivity contribution in [3.05, 3.63) is 175 Å². The quantitative estimate of drug-likeness (QED) is 0.187. The van der Waals surface area contributed by atoms with Crippen LogP contribution in [0.4, 0.5) is 17.1 Å². The van der Waals surface area contributed by atoms with Gasteiger partial charge in [-0.3, -0.25) is 0 Å². The zero-order chi connectivity index (χ0) is 34.6. The van der Waals surface area contributed by atoms with Crippen LogP contribution in [-0.4, -0.2) is 0 Å². The van der Waals surface area contributed by atoms with Crippen LogP contribution in [0.5, 0.6) is 0 Å².